The number of likely N-dealkylation sites (N-methyl/N-ethyl adjacent to an activating group) is 1. The highest BCUT2D eigenvalue weighted by atomic mass is 16.3. The lowest BCUT2D eigenvalue weighted by molar-refractivity contribution is 0.0648. The molecule has 0 spiro atoms. The van der Waals surface area contributed by atoms with Crippen molar-refractivity contribution in [1.82, 2.24) is 4.90 Å². The molecule has 0 fully saturated rings. The van der Waals surface area contributed by atoms with Gasteiger partial charge in [0.2, 0.25) is 0 Å². The molecule has 3 heteroatoms. The topological polar surface area (TPSA) is 43.7 Å². The molecule has 0 bridgehead atoms. The Kier molecular flexibility index (Phi) is 5.32. The zero-order valence-corrected chi connectivity index (χ0v) is 11.8. The number of hydrogen-bond acceptors (Lipinski definition) is 3. The van der Waals surface area contributed by atoms with Crippen molar-refractivity contribution in [3.8, 4) is 0 Å². The summed E-state index contributed by atoms with van der Waals surface area (Å²) in [5, 5.41) is 18.2. The Hall–Kier alpha value is -0.900. The van der Waals surface area contributed by atoms with Crippen LogP contribution in [0.4, 0.5) is 0 Å². The van der Waals surface area contributed by atoms with Crippen LogP contribution < -0.4 is 0 Å². The molecule has 0 aliphatic heterocycles. The molecule has 0 aliphatic rings. The van der Waals surface area contributed by atoms with E-state index in [0.717, 1.165) is 6.54 Å². The van der Waals surface area contributed by atoms with Crippen molar-refractivity contribution in [1.29, 1.82) is 0 Å². The molecule has 1 aromatic carbocycles. The van der Waals surface area contributed by atoms with Gasteiger partial charge in [-0.3, -0.25) is 4.90 Å². The van der Waals surface area contributed by atoms with E-state index in [9.17, 15) is 5.11 Å². The molecule has 0 heterocycles. The van der Waals surface area contributed by atoms with E-state index in [0.29, 0.717) is 6.54 Å². The maximum absolute atomic E-state index is 9.37. The largest absolute Gasteiger partial charge is 0.394 e. The monoisotopic (exact) mass is 251 g/mol. The SMILES string of the molecule is CN(Cc1ccc(C(C)(C)C)cc1)CC(O)CO. The summed E-state index contributed by atoms with van der Waals surface area (Å²) >= 11 is 0. The molecule has 0 saturated carbocycles. The summed E-state index contributed by atoms with van der Waals surface area (Å²) in [7, 11) is 1.94. The second kappa shape index (κ2) is 6.32. The Labute approximate surface area is 110 Å². The molecule has 2 N–H and O–H groups in total. The number of rotatable bonds is 5. The van der Waals surface area contributed by atoms with Crippen molar-refractivity contribution in [3.63, 3.8) is 0 Å². The van der Waals surface area contributed by atoms with Gasteiger partial charge in [0.1, 0.15) is 0 Å². The van der Waals surface area contributed by atoms with Crippen molar-refractivity contribution in [3.05, 3.63) is 35.4 Å². The Morgan fingerprint density at radius 1 is 1.17 bits per heavy atom. The van der Waals surface area contributed by atoms with E-state index in [2.05, 4.69) is 45.0 Å². The minimum atomic E-state index is -0.663. The van der Waals surface area contributed by atoms with E-state index in [-0.39, 0.29) is 12.0 Å². The standard InChI is InChI=1S/C15H25NO2/c1-15(2,3)13-7-5-12(6-8-13)9-16(4)10-14(18)11-17/h5-8,14,17-18H,9-11H2,1-4H3. The van der Waals surface area contributed by atoms with Gasteiger partial charge in [-0.05, 0) is 23.6 Å². The van der Waals surface area contributed by atoms with Crippen molar-refractivity contribution in [2.24, 2.45) is 0 Å². The zero-order chi connectivity index (χ0) is 13.8. The van der Waals surface area contributed by atoms with E-state index >= 15 is 0 Å². The van der Waals surface area contributed by atoms with Gasteiger partial charge in [-0.2, -0.15) is 0 Å². The van der Waals surface area contributed by atoms with Gasteiger partial charge in [-0.1, -0.05) is 45.0 Å². The molecule has 0 aromatic heterocycles. The minimum Gasteiger partial charge on any atom is -0.394 e. The molecule has 1 atom stereocenters. The Balaban J connectivity index is 2.58. The first-order chi connectivity index (χ1) is 8.32. The van der Waals surface area contributed by atoms with Gasteiger partial charge in [-0.25, -0.2) is 0 Å². The molecule has 1 aromatic rings. The third kappa shape index (κ3) is 4.77. The van der Waals surface area contributed by atoms with Crippen molar-refractivity contribution in [2.75, 3.05) is 20.2 Å². The first-order valence-electron chi connectivity index (χ1n) is 6.40. The first-order valence-corrected chi connectivity index (χ1v) is 6.40. The minimum absolute atomic E-state index is 0.178. The van der Waals surface area contributed by atoms with Crippen molar-refractivity contribution < 1.29 is 10.2 Å². The Morgan fingerprint density at radius 2 is 1.72 bits per heavy atom. The van der Waals surface area contributed by atoms with Gasteiger partial charge in [0.15, 0.2) is 0 Å². The van der Waals surface area contributed by atoms with Crippen LogP contribution >= 0.6 is 0 Å². The third-order valence-corrected chi connectivity index (χ3v) is 3.01. The predicted octanol–water partition coefficient (Wildman–Crippen LogP) is 1.77. The van der Waals surface area contributed by atoms with Gasteiger partial charge in [-0.15, -0.1) is 0 Å². The summed E-state index contributed by atoms with van der Waals surface area (Å²) in [6.45, 7) is 7.68. The molecule has 18 heavy (non-hydrogen) atoms. The van der Waals surface area contributed by atoms with Crippen LogP contribution in [0, 0.1) is 0 Å². The highest BCUT2D eigenvalue weighted by Gasteiger charge is 2.13. The summed E-state index contributed by atoms with van der Waals surface area (Å²) in [6.07, 6.45) is -0.663. The molecule has 0 saturated heterocycles. The van der Waals surface area contributed by atoms with E-state index < -0.39 is 6.10 Å². The molecule has 0 radical (unpaired) electrons. The predicted molar refractivity (Wildman–Crippen MR) is 74.6 cm³/mol. The second-order valence-corrected chi connectivity index (χ2v) is 5.98. The van der Waals surface area contributed by atoms with Crippen LogP contribution in [0.2, 0.25) is 0 Å². The number of aliphatic hydroxyl groups is 2. The van der Waals surface area contributed by atoms with E-state index in [1.54, 1.807) is 0 Å². The maximum atomic E-state index is 9.37. The van der Waals surface area contributed by atoms with E-state index in [1.807, 2.05) is 11.9 Å². The number of benzene rings is 1. The molecular formula is C15H25NO2. The first kappa shape index (κ1) is 15.2. The highest BCUT2D eigenvalue weighted by molar-refractivity contribution is 5.27. The summed E-state index contributed by atoms with van der Waals surface area (Å²) < 4.78 is 0. The van der Waals surface area contributed by atoms with E-state index in [4.69, 9.17) is 5.11 Å². The van der Waals surface area contributed by atoms with Gasteiger partial charge >= 0.3 is 0 Å². The van der Waals surface area contributed by atoms with E-state index in [1.165, 1.54) is 11.1 Å². The lowest BCUT2D eigenvalue weighted by Crippen LogP contribution is -2.30. The fourth-order valence-corrected chi connectivity index (χ4v) is 1.90. The maximum Gasteiger partial charge on any atom is 0.0897 e. The molecule has 102 valence electrons. The highest BCUT2D eigenvalue weighted by Crippen LogP contribution is 2.22. The van der Waals surface area contributed by atoms with Crippen LogP contribution in [0.3, 0.4) is 0 Å². The zero-order valence-electron chi connectivity index (χ0n) is 11.8. The molecule has 1 unspecified atom stereocenters. The van der Waals surface area contributed by atoms with Crippen LogP contribution in [0.15, 0.2) is 24.3 Å². The Bertz CT molecular complexity index is 354. The van der Waals surface area contributed by atoms with Crippen LogP contribution in [0.1, 0.15) is 31.9 Å². The lowest BCUT2D eigenvalue weighted by Gasteiger charge is -2.21. The number of nitrogens with zero attached hydrogens (tertiary/aromatic N) is 1. The Morgan fingerprint density at radius 3 is 2.17 bits per heavy atom. The number of aliphatic hydroxyl groups excluding tert-OH is 2. The summed E-state index contributed by atoms with van der Waals surface area (Å²) in [5.41, 5.74) is 2.72. The molecule has 3 nitrogen and oxygen atoms in total. The van der Waals surface area contributed by atoms with Crippen LogP contribution in [-0.4, -0.2) is 41.4 Å². The second-order valence-electron chi connectivity index (χ2n) is 5.98. The lowest BCUT2D eigenvalue weighted by atomic mass is 9.87. The van der Waals surface area contributed by atoms with Crippen LogP contribution in [0.5, 0.6) is 0 Å². The quantitative estimate of drug-likeness (QED) is 0.838. The average Bonchev–Trinajstić information content (AvgIpc) is 2.28. The molecule has 0 aliphatic carbocycles. The van der Waals surface area contributed by atoms with Crippen molar-refractivity contribution in [2.45, 2.75) is 38.8 Å². The molecular weight excluding hydrogens is 226 g/mol. The fraction of sp³-hybridized carbons (Fsp3) is 0.600. The normalized spacial score (nSPS) is 13.9. The van der Waals surface area contributed by atoms with Crippen molar-refractivity contribution >= 4 is 0 Å². The summed E-state index contributed by atoms with van der Waals surface area (Å²) in [4.78, 5) is 2.01. The number of hydrogen-bond donors (Lipinski definition) is 2. The fourth-order valence-electron chi connectivity index (χ4n) is 1.90. The van der Waals surface area contributed by atoms with Gasteiger partial charge < -0.3 is 10.2 Å². The van der Waals surface area contributed by atoms with Gasteiger partial charge in [0, 0.05) is 13.1 Å². The third-order valence-electron chi connectivity index (χ3n) is 3.01. The molecule has 1 rings (SSSR count). The summed E-state index contributed by atoms with van der Waals surface area (Å²) in [5.74, 6) is 0. The smallest absolute Gasteiger partial charge is 0.0897 e. The van der Waals surface area contributed by atoms with Gasteiger partial charge in [0.25, 0.3) is 0 Å². The average molecular weight is 251 g/mol. The van der Waals surface area contributed by atoms with Gasteiger partial charge in [0.05, 0.1) is 12.7 Å². The van der Waals surface area contributed by atoms with Crippen LogP contribution in [-0.2, 0) is 12.0 Å². The summed E-state index contributed by atoms with van der Waals surface area (Å²) in [6, 6.07) is 8.57. The molecule has 0 amide bonds. The van der Waals surface area contributed by atoms with Crippen LogP contribution in [0.25, 0.3) is 0 Å².